The van der Waals surface area contributed by atoms with E-state index in [4.69, 9.17) is 4.98 Å². The van der Waals surface area contributed by atoms with Crippen LogP contribution in [0.2, 0.25) is 0 Å². The molecule has 3 aromatic heterocycles. The van der Waals surface area contributed by atoms with Crippen LogP contribution < -0.4 is 0 Å². The summed E-state index contributed by atoms with van der Waals surface area (Å²) in [5.74, 6) is 1.74. The summed E-state index contributed by atoms with van der Waals surface area (Å²) < 4.78 is 2.31. The van der Waals surface area contributed by atoms with Gasteiger partial charge in [0, 0.05) is 19.2 Å². The lowest BCUT2D eigenvalue weighted by Gasteiger charge is -2.14. The quantitative estimate of drug-likeness (QED) is 0.437. The normalized spacial score (nSPS) is 14.2. The van der Waals surface area contributed by atoms with E-state index in [9.17, 15) is 0 Å². The number of hydrogen-bond acceptors (Lipinski definition) is 5. The fourth-order valence-corrected chi connectivity index (χ4v) is 4.99. The second-order valence-electron chi connectivity index (χ2n) is 8.79. The molecule has 7 nitrogen and oxygen atoms in total. The predicted octanol–water partition coefficient (Wildman–Crippen LogP) is 4.55. The van der Waals surface area contributed by atoms with Gasteiger partial charge in [-0.15, -0.1) is 5.10 Å². The largest absolute Gasteiger partial charge is 0.322 e. The van der Waals surface area contributed by atoms with Gasteiger partial charge in [-0.25, -0.2) is 10.1 Å². The number of fused-ring (bicyclic) bond motifs is 3. The Hall–Kier alpha value is -4.13. The first kappa shape index (κ1) is 20.5. The van der Waals surface area contributed by atoms with Gasteiger partial charge < -0.3 is 4.57 Å². The monoisotopic (exact) mass is 447 g/mol. The van der Waals surface area contributed by atoms with E-state index < -0.39 is 0 Å². The standard InChI is InChI=1S/C27H25N7/c1-3-26-29-27-17(2)14-28-15-24(27)34(26)16-18-8-11-22-20(12-18)10-9-19-6-4-5-7-21(19)23(22)13-25-30-32-33-31-25/h4-8,11-15H,3,9-10,16H2,1-2H3,(H,30,31,32,33)/b23-13+. The van der Waals surface area contributed by atoms with Crippen molar-refractivity contribution in [2.45, 2.75) is 39.7 Å². The van der Waals surface area contributed by atoms with Crippen molar-refractivity contribution in [3.05, 3.63) is 99.9 Å². The van der Waals surface area contributed by atoms with E-state index >= 15 is 0 Å². The summed E-state index contributed by atoms with van der Waals surface area (Å²) in [6.45, 7) is 5.00. The summed E-state index contributed by atoms with van der Waals surface area (Å²) in [6.07, 6.45) is 8.73. The number of H-pyrrole nitrogens is 1. The Balaban J connectivity index is 1.45. The number of tetrazole rings is 1. The minimum absolute atomic E-state index is 0.655. The summed E-state index contributed by atoms with van der Waals surface area (Å²) in [5.41, 5.74) is 10.8. The van der Waals surface area contributed by atoms with Crippen LogP contribution in [0.4, 0.5) is 0 Å². The molecule has 0 aliphatic heterocycles. The highest BCUT2D eigenvalue weighted by atomic mass is 15.5. The van der Waals surface area contributed by atoms with E-state index in [-0.39, 0.29) is 0 Å². The molecule has 168 valence electrons. The predicted molar refractivity (Wildman–Crippen MR) is 132 cm³/mol. The van der Waals surface area contributed by atoms with Gasteiger partial charge in [0.1, 0.15) is 5.82 Å². The number of aromatic amines is 1. The van der Waals surface area contributed by atoms with Crippen LogP contribution in [-0.4, -0.2) is 35.2 Å². The molecule has 0 radical (unpaired) electrons. The molecule has 0 atom stereocenters. The number of benzene rings is 2. The average Bonchev–Trinajstić information content (AvgIpc) is 3.47. The van der Waals surface area contributed by atoms with Crippen molar-refractivity contribution in [3.8, 4) is 0 Å². The van der Waals surface area contributed by atoms with Crippen LogP contribution in [0.25, 0.3) is 22.7 Å². The molecular weight excluding hydrogens is 422 g/mol. The van der Waals surface area contributed by atoms with Gasteiger partial charge in [0.25, 0.3) is 0 Å². The molecule has 0 unspecified atom stereocenters. The maximum absolute atomic E-state index is 4.90. The van der Waals surface area contributed by atoms with Crippen molar-refractivity contribution in [1.29, 1.82) is 0 Å². The first-order chi connectivity index (χ1) is 16.7. The number of nitrogens with zero attached hydrogens (tertiary/aromatic N) is 6. The van der Waals surface area contributed by atoms with Gasteiger partial charge in [0.15, 0.2) is 5.82 Å². The number of aromatic nitrogens is 7. The Morgan fingerprint density at radius 1 is 1.03 bits per heavy atom. The third kappa shape index (κ3) is 3.50. The van der Waals surface area contributed by atoms with Crippen LogP contribution in [0.3, 0.4) is 0 Å². The molecule has 7 heteroatoms. The molecule has 0 amide bonds. The maximum Gasteiger partial charge on any atom is 0.172 e. The van der Waals surface area contributed by atoms with E-state index in [0.29, 0.717) is 5.82 Å². The number of imidazole rings is 1. The Morgan fingerprint density at radius 2 is 1.88 bits per heavy atom. The second-order valence-corrected chi connectivity index (χ2v) is 8.79. The molecule has 0 fully saturated rings. The fourth-order valence-electron chi connectivity index (χ4n) is 4.99. The first-order valence-electron chi connectivity index (χ1n) is 11.7. The molecule has 1 aliphatic rings. The number of nitrogens with one attached hydrogen (secondary N) is 1. The average molecular weight is 448 g/mol. The third-order valence-electron chi connectivity index (χ3n) is 6.66. The molecule has 3 heterocycles. The third-order valence-corrected chi connectivity index (χ3v) is 6.66. The van der Waals surface area contributed by atoms with Gasteiger partial charge in [-0.1, -0.05) is 49.4 Å². The molecule has 5 aromatic rings. The van der Waals surface area contributed by atoms with E-state index in [2.05, 4.69) is 92.6 Å². The van der Waals surface area contributed by atoms with Gasteiger partial charge in [-0.3, -0.25) is 4.98 Å². The topological polar surface area (TPSA) is 85.2 Å². The van der Waals surface area contributed by atoms with Gasteiger partial charge in [-0.2, -0.15) is 0 Å². The molecule has 6 rings (SSSR count). The molecule has 2 aromatic carbocycles. The van der Waals surface area contributed by atoms with Crippen molar-refractivity contribution in [3.63, 3.8) is 0 Å². The summed E-state index contributed by atoms with van der Waals surface area (Å²) in [7, 11) is 0. The molecule has 1 N–H and O–H groups in total. The van der Waals surface area contributed by atoms with Crippen LogP contribution in [0.1, 0.15) is 52.0 Å². The van der Waals surface area contributed by atoms with Crippen LogP contribution >= 0.6 is 0 Å². The molecule has 0 saturated heterocycles. The van der Waals surface area contributed by atoms with Crippen molar-refractivity contribution in [2.24, 2.45) is 0 Å². The number of pyridine rings is 1. The van der Waals surface area contributed by atoms with Crippen molar-refractivity contribution < 1.29 is 0 Å². The molecule has 0 saturated carbocycles. The lowest BCUT2D eigenvalue weighted by atomic mass is 9.92. The molecule has 34 heavy (non-hydrogen) atoms. The molecular formula is C27H25N7. The van der Waals surface area contributed by atoms with Crippen molar-refractivity contribution in [1.82, 2.24) is 35.2 Å². The maximum atomic E-state index is 4.90. The first-order valence-corrected chi connectivity index (χ1v) is 11.7. The van der Waals surface area contributed by atoms with Gasteiger partial charge in [0.2, 0.25) is 0 Å². The second kappa shape index (κ2) is 8.33. The van der Waals surface area contributed by atoms with E-state index in [1.807, 2.05) is 12.4 Å². The lowest BCUT2D eigenvalue weighted by Crippen LogP contribution is -2.06. The minimum atomic E-state index is 0.655. The highest BCUT2D eigenvalue weighted by molar-refractivity contribution is 5.93. The zero-order chi connectivity index (χ0) is 23.1. The van der Waals surface area contributed by atoms with Crippen molar-refractivity contribution >= 4 is 22.7 Å². The van der Waals surface area contributed by atoms with Crippen LogP contribution in [0.5, 0.6) is 0 Å². The number of hydrogen-bond donors (Lipinski definition) is 1. The van der Waals surface area contributed by atoms with E-state index in [1.54, 1.807) is 0 Å². The van der Waals surface area contributed by atoms with Gasteiger partial charge in [-0.05, 0) is 75.2 Å². The van der Waals surface area contributed by atoms with Gasteiger partial charge in [0.05, 0.1) is 17.2 Å². The summed E-state index contributed by atoms with van der Waals surface area (Å²) >= 11 is 0. The molecule has 1 aliphatic carbocycles. The Kier molecular flexibility index (Phi) is 5.02. The molecule has 0 spiro atoms. The van der Waals surface area contributed by atoms with E-state index in [1.165, 1.54) is 27.8 Å². The van der Waals surface area contributed by atoms with Crippen LogP contribution in [-0.2, 0) is 25.8 Å². The molecule has 0 bridgehead atoms. The van der Waals surface area contributed by atoms with Crippen LogP contribution in [0.15, 0.2) is 54.9 Å². The Labute approximate surface area is 197 Å². The van der Waals surface area contributed by atoms with Gasteiger partial charge >= 0.3 is 0 Å². The highest BCUT2D eigenvalue weighted by Crippen LogP contribution is 2.35. The zero-order valence-electron chi connectivity index (χ0n) is 19.3. The Bertz CT molecular complexity index is 1530. The zero-order valence-corrected chi connectivity index (χ0v) is 19.3. The number of rotatable bonds is 4. The minimum Gasteiger partial charge on any atom is -0.322 e. The highest BCUT2D eigenvalue weighted by Gasteiger charge is 2.20. The van der Waals surface area contributed by atoms with E-state index in [0.717, 1.165) is 53.8 Å². The SMILES string of the molecule is CCc1nc2c(C)cncc2n1Cc1ccc2c(c1)CCc1ccccc1/C2=C\c1nnn[nH]1. The summed E-state index contributed by atoms with van der Waals surface area (Å²) in [5, 5.41) is 14.5. The summed E-state index contributed by atoms with van der Waals surface area (Å²) in [6, 6.07) is 15.4. The Morgan fingerprint density at radius 3 is 2.74 bits per heavy atom. The lowest BCUT2D eigenvalue weighted by molar-refractivity contribution is 0.750. The summed E-state index contributed by atoms with van der Waals surface area (Å²) in [4.78, 5) is 9.33. The number of aryl methyl sites for hydroxylation is 4. The fraction of sp³-hybridized carbons (Fsp3) is 0.222. The van der Waals surface area contributed by atoms with Crippen LogP contribution in [0, 0.1) is 6.92 Å². The smallest absolute Gasteiger partial charge is 0.172 e. The van der Waals surface area contributed by atoms with Crippen molar-refractivity contribution in [2.75, 3.05) is 0 Å².